The number of unbranched alkanes of at least 4 members (excludes halogenated alkanes) is 2. The van der Waals surface area contributed by atoms with Gasteiger partial charge in [-0.25, -0.2) is 0 Å². The predicted molar refractivity (Wildman–Crippen MR) is 110 cm³/mol. The van der Waals surface area contributed by atoms with Crippen molar-refractivity contribution in [3.63, 3.8) is 0 Å². The summed E-state index contributed by atoms with van der Waals surface area (Å²) in [6.45, 7) is 8.97. The molecule has 0 saturated heterocycles. The van der Waals surface area contributed by atoms with Crippen molar-refractivity contribution in [2.45, 2.75) is 59.8 Å². The van der Waals surface area contributed by atoms with Gasteiger partial charge in [0.2, 0.25) is 5.91 Å². The molecule has 150 valence electrons. The molecule has 0 unspecified atom stereocenters. The van der Waals surface area contributed by atoms with Crippen LogP contribution < -0.4 is 10.5 Å². The van der Waals surface area contributed by atoms with Gasteiger partial charge in [-0.3, -0.25) is 9.59 Å². The molecule has 0 radical (unpaired) electrons. The van der Waals surface area contributed by atoms with E-state index < -0.39 is 5.91 Å². The molecular formula is C23H30N2O3. The second-order valence-electron chi connectivity index (χ2n) is 8.52. The highest BCUT2D eigenvalue weighted by molar-refractivity contribution is 5.99. The second kappa shape index (κ2) is 7.82. The largest absolute Gasteiger partial charge is 0.491 e. The maximum atomic E-state index is 12.7. The molecule has 0 bridgehead atoms. The number of fused-ring (bicyclic) bond motifs is 1. The zero-order valence-corrected chi connectivity index (χ0v) is 17.3. The van der Waals surface area contributed by atoms with E-state index in [9.17, 15) is 9.59 Å². The van der Waals surface area contributed by atoms with Crippen LogP contribution in [0.3, 0.4) is 0 Å². The highest BCUT2D eigenvalue weighted by Crippen LogP contribution is 2.39. The van der Waals surface area contributed by atoms with Gasteiger partial charge in [0.05, 0.1) is 12.3 Å². The fraction of sp³-hybridized carbons (Fsp3) is 0.478. The molecule has 5 nitrogen and oxygen atoms in total. The van der Waals surface area contributed by atoms with Crippen molar-refractivity contribution in [3.8, 4) is 11.4 Å². The van der Waals surface area contributed by atoms with Gasteiger partial charge in [0, 0.05) is 28.9 Å². The smallest absolute Gasteiger partial charge is 0.248 e. The van der Waals surface area contributed by atoms with Gasteiger partial charge in [-0.2, -0.15) is 0 Å². The van der Waals surface area contributed by atoms with Crippen LogP contribution in [0.15, 0.2) is 24.3 Å². The number of primary amides is 1. The van der Waals surface area contributed by atoms with Gasteiger partial charge in [-0.15, -0.1) is 0 Å². The average molecular weight is 383 g/mol. The Morgan fingerprint density at radius 1 is 1.21 bits per heavy atom. The van der Waals surface area contributed by atoms with Gasteiger partial charge in [-0.1, -0.05) is 33.6 Å². The first kappa shape index (κ1) is 20.2. The monoisotopic (exact) mass is 382 g/mol. The number of nitrogens with two attached hydrogens (primary N) is 1. The summed E-state index contributed by atoms with van der Waals surface area (Å²) in [6, 6.07) is 7.27. The van der Waals surface area contributed by atoms with Crippen molar-refractivity contribution in [2.24, 2.45) is 11.1 Å². The molecule has 0 saturated carbocycles. The van der Waals surface area contributed by atoms with E-state index in [4.69, 9.17) is 10.5 Å². The van der Waals surface area contributed by atoms with E-state index >= 15 is 0 Å². The van der Waals surface area contributed by atoms with E-state index in [0.29, 0.717) is 24.3 Å². The maximum absolute atomic E-state index is 12.7. The summed E-state index contributed by atoms with van der Waals surface area (Å²) in [7, 11) is 0. The number of Topliss-reactive ketones (excluding diaryl/α,β-unsaturated/α-hetero) is 1. The topological polar surface area (TPSA) is 74.3 Å². The molecule has 1 amide bonds. The Labute approximate surface area is 166 Å². The van der Waals surface area contributed by atoms with E-state index in [1.165, 1.54) is 0 Å². The number of benzene rings is 1. The first-order valence-electron chi connectivity index (χ1n) is 10.0. The highest BCUT2D eigenvalue weighted by atomic mass is 16.5. The average Bonchev–Trinajstić information content (AvgIpc) is 2.93. The number of aromatic nitrogens is 1. The molecule has 0 fully saturated rings. The summed E-state index contributed by atoms with van der Waals surface area (Å²) >= 11 is 0. The number of hydrogen-bond acceptors (Lipinski definition) is 3. The molecule has 5 heteroatoms. The van der Waals surface area contributed by atoms with Crippen LogP contribution in [0.1, 0.15) is 78.6 Å². The van der Waals surface area contributed by atoms with E-state index in [1.807, 2.05) is 19.1 Å². The quantitative estimate of drug-likeness (QED) is 0.711. The minimum Gasteiger partial charge on any atom is -0.491 e. The Balaban J connectivity index is 2.08. The number of hydrogen-bond donors (Lipinski definition) is 1. The number of amides is 1. The van der Waals surface area contributed by atoms with Crippen LogP contribution in [-0.2, 0) is 6.42 Å². The van der Waals surface area contributed by atoms with E-state index in [1.54, 1.807) is 12.1 Å². The molecule has 0 spiro atoms. The Bertz CT molecular complexity index is 909. The highest BCUT2D eigenvalue weighted by Gasteiger charge is 2.34. The van der Waals surface area contributed by atoms with Crippen molar-refractivity contribution in [3.05, 3.63) is 46.8 Å². The zero-order chi connectivity index (χ0) is 20.5. The molecule has 1 heterocycles. The molecule has 0 atom stereocenters. The van der Waals surface area contributed by atoms with Gasteiger partial charge >= 0.3 is 0 Å². The Morgan fingerprint density at radius 3 is 2.64 bits per heavy atom. The fourth-order valence-electron chi connectivity index (χ4n) is 3.99. The summed E-state index contributed by atoms with van der Waals surface area (Å²) in [4.78, 5) is 24.3. The Morgan fingerprint density at radius 2 is 1.96 bits per heavy atom. The molecule has 2 aromatic rings. The van der Waals surface area contributed by atoms with Gasteiger partial charge in [0.25, 0.3) is 0 Å². The summed E-state index contributed by atoms with van der Waals surface area (Å²) in [5, 5.41) is 0. The van der Waals surface area contributed by atoms with Gasteiger partial charge in [0.1, 0.15) is 5.75 Å². The SMILES string of the molecule is CCCCCOc1cc(C(N)=O)ccc1-n1c(C)cc2c1CC(C)(C)CC2=O. The summed E-state index contributed by atoms with van der Waals surface area (Å²) in [6.07, 6.45) is 4.52. The van der Waals surface area contributed by atoms with Crippen molar-refractivity contribution in [2.75, 3.05) is 6.61 Å². The van der Waals surface area contributed by atoms with Crippen LogP contribution in [0.25, 0.3) is 5.69 Å². The molecule has 28 heavy (non-hydrogen) atoms. The summed E-state index contributed by atoms with van der Waals surface area (Å²) < 4.78 is 8.17. The number of nitrogens with zero attached hydrogens (tertiary/aromatic N) is 1. The van der Waals surface area contributed by atoms with Crippen molar-refractivity contribution in [1.82, 2.24) is 4.57 Å². The van der Waals surface area contributed by atoms with Crippen LogP contribution in [0.4, 0.5) is 0 Å². The van der Waals surface area contributed by atoms with Crippen LogP contribution >= 0.6 is 0 Å². The molecular weight excluding hydrogens is 352 g/mol. The van der Waals surface area contributed by atoms with Crippen molar-refractivity contribution < 1.29 is 14.3 Å². The minimum absolute atomic E-state index is 0.0814. The van der Waals surface area contributed by atoms with Gasteiger partial charge in [0.15, 0.2) is 5.78 Å². The van der Waals surface area contributed by atoms with Crippen LogP contribution in [-0.4, -0.2) is 22.9 Å². The molecule has 0 aliphatic heterocycles. The summed E-state index contributed by atoms with van der Waals surface area (Å²) in [5.41, 5.74) is 9.47. The van der Waals surface area contributed by atoms with Gasteiger partial charge in [-0.05, 0) is 49.4 Å². The number of carbonyl (C=O) groups excluding carboxylic acids is 2. The first-order chi connectivity index (χ1) is 13.2. The number of ketones is 1. The van der Waals surface area contributed by atoms with Gasteiger partial charge < -0.3 is 15.0 Å². The third-order valence-electron chi connectivity index (χ3n) is 5.36. The molecule has 3 rings (SSSR count). The standard InChI is InChI=1S/C23H30N2O3/c1-5-6-7-10-28-21-12-16(22(24)27)8-9-18(21)25-15(2)11-17-19(25)13-23(3,4)14-20(17)26/h8-9,11-12H,5-7,10,13-14H2,1-4H3,(H2,24,27). The third kappa shape index (κ3) is 3.98. The number of ether oxygens (including phenoxy) is 1. The first-order valence-corrected chi connectivity index (χ1v) is 10.0. The molecule has 1 aliphatic rings. The Kier molecular flexibility index (Phi) is 5.64. The Hall–Kier alpha value is -2.56. The number of aryl methyl sites for hydroxylation is 1. The predicted octanol–water partition coefficient (Wildman–Crippen LogP) is 4.61. The van der Waals surface area contributed by atoms with E-state index in [-0.39, 0.29) is 11.2 Å². The molecule has 2 N–H and O–H groups in total. The second-order valence-corrected chi connectivity index (χ2v) is 8.52. The zero-order valence-electron chi connectivity index (χ0n) is 17.3. The summed E-state index contributed by atoms with van der Waals surface area (Å²) in [5.74, 6) is 0.338. The lowest BCUT2D eigenvalue weighted by Crippen LogP contribution is -2.28. The van der Waals surface area contributed by atoms with Crippen LogP contribution in [0.2, 0.25) is 0 Å². The lowest BCUT2D eigenvalue weighted by molar-refractivity contribution is 0.0910. The lowest BCUT2D eigenvalue weighted by atomic mass is 9.76. The third-order valence-corrected chi connectivity index (χ3v) is 5.36. The minimum atomic E-state index is -0.479. The van der Waals surface area contributed by atoms with Crippen molar-refractivity contribution in [1.29, 1.82) is 0 Å². The number of rotatable bonds is 7. The lowest BCUT2D eigenvalue weighted by Gasteiger charge is -2.30. The molecule has 1 aliphatic carbocycles. The maximum Gasteiger partial charge on any atom is 0.248 e. The van der Waals surface area contributed by atoms with Crippen LogP contribution in [0, 0.1) is 12.3 Å². The number of carbonyl (C=O) groups is 2. The van der Waals surface area contributed by atoms with E-state index in [2.05, 4.69) is 25.3 Å². The fourth-order valence-corrected chi connectivity index (χ4v) is 3.99. The normalized spacial score (nSPS) is 15.4. The molecule has 1 aromatic heterocycles. The van der Waals surface area contributed by atoms with Crippen molar-refractivity contribution >= 4 is 11.7 Å². The molecule has 1 aromatic carbocycles. The van der Waals surface area contributed by atoms with Crippen LogP contribution in [0.5, 0.6) is 5.75 Å². The van der Waals surface area contributed by atoms with E-state index in [0.717, 1.165) is 48.3 Å².